The Morgan fingerprint density at radius 3 is 2.53 bits per heavy atom. The first-order valence-electron chi connectivity index (χ1n) is 4.43. The molecule has 0 aliphatic heterocycles. The fourth-order valence-corrected chi connectivity index (χ4v) is 1.31. The van der Waals surface area contributed by atoms with Crippen molar-refractivity contribution in [2.24, 2.45) is 0 Å². The van der Waals surface area contributed by atoms with E-state index in [0.717, 1.165) is 11.6 Å². The molecule has 0 aliphatic rings. The van der Waals surface area contributed by atoms with Gasteiger partial charge in [0.15, 0.2) is 0 Å². The van der Waals surface area contributed by atoms with Crippen molar-refractivity contribution in [3.63, 3.8) is 0 Å². The van der Waals surface area contributed by atoms with Gasteiger partial charge >= 0.3 is 0 Å². The lowest BCUT2D eigenvalue weighted by molar-refractivity contribution is 0.625. The van der Waals surface area contributed by atoms with Crippen LogP contribution in [0.2, 0.25) is 0 Å². The Labute approximate surface area is 86.6 Å². The van der Waals surface area contributed by atoms with E-state index in [1.54, 1.807) is 0 Å². The first-order chi connectivity index (χ1) is 7.29. The van der Waals surface area contributed by atoms with Crippen molar-refractivity contribution in [1.82, 2.24) is 4.98 Å². The van der Waals surface area contributed by atoms with E-state index in [4.69, 9.17) is 5.26 Å². The number of hydrogen-bond acceptors (Lipinski definition) is 2. The van der Waals surface area contributed by atoms with Crippen LogP contribution in [-0.2, 0) is 0 Å². The molecule has 0 atom stereocenters. The van der Waals surface area contributed by atoms with Gasteiger partial charge in [-0.3, -0.25) is 0 Å². The number of rotatable bonds is 1. The van der Waals surface area contributed by atoms with Crippen molar-refractivity contribution in [2.75, 3.05) is 0 Å². The van der Waals surface area contributed by atoms with Crippen LogP contribution in [0.4, 0.5) is 4.39 Å². The van der Waals surface area contributed by atoms with Crippen LogP contribution in [0.5, 0.6) is 0 Å². The summed E-state index contributed by atoms with van der Waals surface area (Å²) >= 11 is 0. The molecule has 0 spiro atoms. The van der Waals surface area contributed by atoms with Crippen molar-refractivity contribution >= 4 is 0 Å². The third-order valence-electron chi connectivity index (χ3n) is 1.97. The van der Waals surface area contributed by atoms with Crippen molar-refractivity contribution in [3.05, 3.63) is 54.0 Å². The number of benzene rings is 1. The van der Waals surface area contributed by atoms with Crippen LogP contribution in [-0.4, -0.2) is 4.98 Å². The summed E-state index contributed by atoms with van der Waals surface area (Å²) in [6, 6.07) is 13.5. The summed E-state index contributed by atoms with van der Waals surface area (Å²) in [7, 11) is 0. The molecule has 0 N–H and O–H groups in total. The van der Waals surface area contributed by atoms with Crippen LogP contribution in [0.25, 0.3) is 11.3 Å². The smallest absolute Gasteiger partial charge is 0.144 e. The van der Waals surface area contributed by atoms with Gasteiger partial charge in [0.2, 0.25) is 0 Å². The minimum absolute atomic E-state index is 0.0915. The van der Waals surface area contributed by atoms with Crippen molar-refractivity contribution < 1.29 is 4.39 Å². The van der Waals surface area contributed by atoms with Gasteiger partial charge < -0.3 is 0 Å². The van der Waals surface area contributed by atoms with Gasteiger partial charge in [0.1, 0.15) is 17.6 Å². The van der Waals surface area contributed by atoms with Crippen LogP contribution in [0.15, 0.2) is 42.5 Å². The minimum Gasteiger partial charge on any atom is -0.237 e. The first kappa shape index (κ1) is 9.35. The molecule has 1 aromatic carbocycles. The van der Waals surface area contributed by atoms with E-state index in [0.29, 0.717) is 5.69 Å². The Balaban J connectivity index is 2.55. The van der Waals surface area contributed by atoms with Gasteiger partial charge in [-0.05, 0) is 0 Å². The molecule has 1 heterocycles. The second kappa shape index (κ2) is 3.89. The van der Waals surface area contributed by atoms with Crippen LogP contribution < -0.4 is 0 Å². The molecule has 0 amide bonds. The summed E-state index contributed by atoms with van der Waals surface area (Å²) in [6.45, 7) is 0. The third kappa shape index (κ3) is 2.00. The van der Waals surface area contributed by atoms with Crippen LogP contribution >= 0.6 is 0 Å². The minimum atomic E-state index is -0.444. The Bertz CT molecular complexity index is 515. The standard InChI is InChI=1S/C12H7FN2/c13-10-6-11(8-14)15-12(7-10)9-4-2-1-3-5-9/h1-7H. The molecule has 0 bridgehead atoms. The summed E-state index contributed by atoms with van der Waals surface area (Å²) < 4.78 is 13.1. The van der Waals surface area contributed by atoms with Crippen molar-refractivity contribution in [2.45, 2.75) is 0 Å². The zero-order chi connectivity index (χ0) is 10.7. The van der Waals surface area contributed by atoms with Gasteiger partial charge in [-0.1, -0.05) is 30.3 Å². The first-order valence-corrected chi connectivity index (χ1v) is 4.43. The quantitative estimate of drug-likeness (QED) is 0.706. The van der Waals surface area contributed by atoms with Gasteiger partial charge in [-0.15, -0.1) is 0 Å². The molecule has 3 heteroatoms. The molecule has 0 saturated heterocycles. The van der Waals surface area contributed by atoms with E-state index in [1.165, 1.54) is 6.07 Å². The Hall–Kier alpha value is -2.21. The van der Waals surface area contributed by atoms with E-state index < -0.39 is 5.82 Å². The molecule has 2 rings (SSSR count). The van der Waals surface area contributed by atoms with Gasteiger partial charge in [-0.2, -0.15) is 5.26 Å². The third-order valence-corrected chi connectivity index (χ3v) is 1.97. The zero-order valence-electron chi connectivity index (χ0n) is 7.81. The number of nitrogens with zero attached hydrogens (tertiary/aromatic N) is 2. The Morgan fingerprint density at radius 2 is 1.87 bits per heavy atom. The SMILES string of the molecule is N#Cc1cc(F)cc(-c2ccccc2)n1. The molecule has 2 aromatic rings. The molecule has 0 fully saturated rings. The second-order valence-electron chi connectivity index (χ2n) is 3.03. The largest absolute Gasteiger partial charge is 0.237 e. The van der Waals surface area contributed by atoms with Gasteiger partial charge in [0.05, 0.1) is 5.69 Å². The Kier molecular flexibility index (Phi) is 2.42. The second-order valence-corrected chi connectivity index (χ2v) is 3.03. The summed E-state index contributed by atoms with van der Waals surface area (Å²) in [4.78, 5) is 4.02. The molecule has 15 heavy (non-hydrogen) atoms. The lowest BCUT2D eigenvalue weighted by Gasteiger charge is -2.00. The average molecular weight is 198 g/mol. The highest BCUT2D eigenvalue weighted by Gasteiger charge is 2.03. The summed E-state index contributed by atoms with van der Waals surface area (Å²) in [5, 5.41) is 8.65. The fraction of sp³-hybridized carbons (Fsp3) is 0. The molecular weight excluding hydrogens is 191 g/mol. The lowest BCUT2D eigenvalue weighted by atomic mass is 10.1. The predicted octanol–water partition coefficient (Wildman–Crippen LogP) is 2.76. The average Bonchev–Trinajstić information content (AvgIpc) is 2.29. The summed E-state index contributed by atoms with van der Waals surface area (Å²) in [6.07, 6.45) is 0. The maximum atomic E-state index is 13.1. The number of hydrogen-bond donors (Lipinski definition) is 0. The van der Waals surface area contributed by atoms with E-state index in [2.05, 4.69) is 4.98 Å². The molecule has 0 unspecified atom stereocenters. The molecule has 0 saturated carbocycles. The zero-order valence-corrected chi connectivity index (χ0v) is 7.81. The maximum Gasteiger partial charge on any atom is 0.144 e. The van der Waals surface area contributed by atoms with Crippen LogP contribution in [0, 0.1) is 17.1 Å². The molecule has 2 nitrogen and oxygen atoms in total. The van der Waals surface area contributed by atoms with E-state index in [1.807, 2.05) is 36.4 Å². The van der Waals surface area contributed by atoms with Crippen LogP contribution in [0.3, 0.4) is 0 Å². The van der Waals surface area contributed by atoms with Crippen LogP contribution in [0.1, 0.15) is 5.69 Å². The maximum absolute atomic E-state index is 13.1. The van der Waals surface area contributed by atoms with Gasteiger partial charge in [-0.25, -0.2) is 9.37 Å². The number of nitriles is 1. The molecule has 72 valence electrons. The van der Waals surface area contributed by atoms with Gasteiger partial charge in [0, 0.05) is 17.7 Å². The van der Waals surface area contributed by atoms with Crippen molar-refractivity contribution in [1.29, 1.82) is 5.26 Å². The highest BCUT2D eigenvalue weighted by molar-refractivity contribution is 5.59. The van der Waals surface area contributed by atoms with Gasteiger partial charge in [0.25, 0.3) is 0 Å². The highest BCUT2D eigenvalue weighted by atomic mass is 19.1. The topological polar surface area (TPSA) is 36.7 Å². The normalized spacial score (nSPS) is 9.60. The number of halogens is 1. The molecular formula is C12H7FN2. The van der Waals surface area contributed by atoms with E-state index in [-0.39, 0.29) is 5.69 Å². The number of aromatic nitrogens is 1. The summed E-state index contributed by atoms with van der Waals surface area (Å²) in [5.41, 5.74) is 1.37. The van der Waals surface area contributed by atoms with Crippen molar-refractivity contribution in [3.8, 4) is 17.3 Å². The molecule has 0 aliphatic carbocycles. The predicted molar refractivity (Wildman–Crippen MR) is 54.3 cm³/mol. The highest BCUT2D eigenvalue weighted by Crippen LogP contribution is 2.17. The Morgan fingerprint density at radius 1 is 1.13 bits per heavy atom. The summed E-state index contributed by atoms with van der Waals surface area (Å²) in [5.74, 6) is -0.444. The number of pyridine rings is 1. The molecule has 1 aromatic heterocycles. The fourth-order valence-electron chi connectivity index (χ4n) is 1.31. The molecule has 0 radical (unpaired) electrons. The lowest BCUT2D eigenvalue weighted by Crippen LogP contribution is -1.89. The monoisotopic (exact) mass is 198 g/mol. The van der Waals surface area contributed by atoms with E-state index >= 15 is 0 Å². The van der Waals surface area contributed by atoms with E-state index in [9.17, 15) is 4.39 Å².